The molecule has 7 heteroatoms. The first-order chi connectivity index (χ1) is 14.1. The maximum atomic E-state index is 12.9. The van der Waals surface area contributed by atoms with Crippen LogP contribution in [0.15, 0.2) is 42.5 Å². The van der Waals surface area contributed by atoms with Gasteiger partial charge in [-0.3, -0.25) is 14.7 Å². The number of amides is 2. The third-order valence-corrected chi connectivity index (χ3v) is 5.44. The Balaban J connectivity index is 1.40. The van der Waals surface area contributed by atoms with Crippen molar-refractivity contribution in [3.05, 3.63) is 53.7 Å². The van der Waals surface area contributed by atoms with Crippen LogP contribution in [0.1, 0.15) is 28.9 Å². The molecular formula is C22H24N4O3. The fraction of sp³-hybridized carbons (Fsp3) is 0.318. The Morgan fingerprint density at radius 2 is 1.93 bits per heavy atom. The number of nitrogens with zero attached hydrogens (tertiary/aromatic N) is 2. The highest BCUT2D eigenvalue weighted by molar-refractivity contribution is 6.04. The van der Waals surface area contributed by atoms with Crippen LogP contribution in [0.5, 0.6) is 5.75 Å². The molecule has 150 valence electrons. The number of ether oxygens (including phenoxy) is 1. The SMILES string of the molecule is COc1ccc(C)cc1NC(=O)C1CCN(C(=O)c2n[nH]c3ccccc23)CC1. The first kappa shape index (κ1) is 19.0. The second-order valence-electron chi connectivity index (χ2n) is 7.38. The predicted octanol–water partition coefficient (Wildman–Crippen LogP) is 3.37. The lowest BCUT2D eigenvalue weighted by molar-refractivity contribution is -0.121. The van der Waals surface area contributed by atoms with E-state index in [1.165, 1.54) is 0 Å². The maximum Gasteiger partial charge on any atom is 0.274 e. The minimum atomic E-state index is -0.139. The highest BCUT2D eigenvalue weighted by Crippen LogP contribution is 2.28. The van der Waals surface area contributed by atoms with E-state index in [2.05, 4.69) is 15.5 Å². The molecule has 0 atom stereocenters. The largest absolute Gasteiger partial charge is 0.495 e. The number of aromatic amines is 1. The number of carbonyl (C=O) groups excluding carboxylic acids is 2. The number of benzene rings is 2. The fourth-order valence-corrected chi connectivity index (χ4v) is 3.78. The molecule has 0 saturated carbocycles. The second-order valence-corrected chi connectivity index (χ2v) is 7.38. The van der Waals surface area contributed by atoms with Crippen LogP contribution in [0.2, 0.25) is 0 Å². The first-order valence-corrected chi connectivity index (χ1v) is 9.74. The van der Waals surface area contributed by atoms with Gasteiger partial charge in [0.15, 0.2) is 5.69 Å². The molecule has 2 N–H and O–H groups in total. The lowest BCUT2D eigenvalue weighted by Gasteiger charge is -2.31. The molecule has 2 heterocycles. The number of H-pyrrole nitrogens is 1. The van der Waals surface area contributed by atoms with Gasteiger partial charge in [0, 0.05) is 24.4 Å². The molecule has 1 aliphatic heterocycles. The summed E-state index contributed by atoms with van der Waals surface area (Å²) >= 11 is 0. The quantitative estimate of drug-likeness (QED) is 0.713. The third-order valence-electron chi connectivity index (χ3n) is 5.44. The average Bonchev–Trinajstić information content (AvgIpc) is 3.17. The summed E-state index contributed by atoms with van der Waals surface area (Å²) in [5, 5.41) is 10.9. The van der Waals surface area contributed by atoms with Gasteiger partial charge in [-0.15, -0.1) is 0 Å². The number of nitrogens with one attached hydrogen (secondary N) is 2. The Morgan fingerprint density at radius 3 is 2.69 bits per heavy atom. The van der Waals surface area contributed by atoms with Crippen molar-refractivity contribution in [2.24, 2.45) is 5.92 Å². The Bertz CT molecular complexity index is 1050. The number of para-hydroxylation sites is 1. The number of piperidine rings is 1. The van der Waals surface area contributed by atoms with E-state index in [4.69, 9.17) is 4.74 Å². The molecule has 7 nitrogen and oxygen atoms in total. The number of fused-ring (bicyclic) bond motifs is 1. The molecule has 0 bridgehead atoms. The van der Waals surface area contributed by atoms with E-state index in [1.807, 2.05) is 49.4 Å². The summed E-state index contributed by atoms with van der Waals surface area (Å²) < 4.78 is 5.34. The van der Waals surface area contributed by atoms with Gasteiger partial charge in [-0.05, 0) is 43.5 Å². The molecule has 3 aromatic rings. The van der Waals surface area contributed by atoms with Crippen molar-refractivity contribution in [2.45, 2.75) is 19.8 Å². The van der Waals surface area contributed by atoms with E-state index in [1.54, 1.807) is 12.0 Å². The molecule has 4 rings (SSSR count). The number of likely N-dealkylation sites (tertiary alicyclic amines) is 1. The summed E-state index contributed by atoms with van der Waals surface area (Å²) in [6, 6.07) is 13.3. The maximum absolute atomic E-state index is 12.9. The van der Waals surface area contributed by atoms with Crippen LogP contribution in [0, 0.1) is 12.8 Å². The molecule has 29 heavy (non-hydrogen) atoms. The minimum Gasteiger partial charge on any atom is -0.495 e. The van der Waals surface area contributed by atoms with Gasteiger partial charge in [-0.1, -0.05) is 24.3 Å². The lowest BCUT2D eigenvalue weighted by Crippen LogP contribution is -2.41. The summed E-state index contributed by atoms with van der Waals surface area (Å²) in [5.41, 5.74) is 3.01. The van der Waals surface area contributed by atoms with Gasteiger partial charge in [-0.2, -0.15) is 5.10 Å². The summed E-state index contributed by atoms with van der Waals surface area (Å²) in [6.45, 7) is 3.03. The zero-order chi connectivity index (χ0) is 20.4. The van der Waals surface area contributed by atoms with E-state index in [0.29, 0.717) is 43.1 Å². The van der Waals surface area contributed by atoms with Crippen LogP contribution in [0.4, 0.5) is 5.69 Å². The standard InChI is InChI=1S/C22H24N4O3/c1-14-7-8-19(29-2)18(13-14)23-21(27)15-9-11-26(12-10-15)22(28)20-16-5-3-4-6-17(16)24-25-20/h3-8,13,15H,9-12H2,1-2H3,(H,23,27)(H,24,25). The summed E-state index contributed by atoms with van der Waals surface area (Å²) in [4.78, 5) is 27.4. The number of aromatic nitrogens is 2. The normalized spacial score (nSPS) is 14.8. The highest BCUT2D eigenvalue weighted by atomic mass is 16.5. The van der Waals surface area contributed by atoms with Crippen molar-refractivity contribution >= 4 is 28.4 Å². The van der Waals surface area contributed by atoms with E-state index in [-0.39, 0.29) is 17.7 Å². The first-order valence-electron chi connectivity index (χ1n) is 9.74. The zero-order valence-electron chi connectivity index (χ0n) is 16.6. The van der Waals surface area contributed by atoms with Crippen LogP contribution >= 0.6 is 0 Å². The Kier molecular flexibility index (Phi) is 5.20. The highest BCUT2D eigenvalue weighted by Gasteiger charge is 2.29. The van der Waals surface area contributed by atoms with Crippen molar-refractivity contribution < 1.29 is 14.3 Å². The van der Waals surface area contributed by atoms with Gasteiger partial charge in [0.2, 0.25) is 5.91 Å². The number of hydrogen-bond acceptors (Lipinski definition) is 4. The fourth-order valence-electron chi connectivity index (χ4n) is 3.78. The number of hydrogen-bond donors (Lipinski definition) is 2. The Hall–Kier alpha value is -3.35. The summed E-state index contributed by atoms with van der Waals surface area (Å²) in [7, 11) is 1.59. The Labute approximate surface area is 169 Å². The van der Waals surface area contributed by atoms with Crippen LogP contribution in [-0.4, -0.2) is 47.1 Å². The molecule has 1 aliphatic rings. The summed E-state index contributed by atoms with van der Waals surface area (Å²) in [5.74, 6) is 0.370. The van der Waals surface area contributed by atoms with Crippen molar-refractivity contribution in [1.82, 2.24) is 15.1 Å². The van der Waals surface area contributed by atoms with Gasteiger partial charge < -0.3 is 15.0 Å². The number of rotatable bonds is 4. The van der Waals surface area contributed by atoms with Crippen molar-refractivity contribution in [1.29, 1.82) is 0 Å². The third kappa shape index (κ3) is 3.81. The molecule has 0 radical (unpaired) electrons. The van der Waals surface area contributed by atoms with E-state index >= 15 is 0 Å². The van der Waals surface area contributed by atoms with Gasteiger partial charge in [-0.25, -0.2) is 0 Å². The van der Waals surface area contributed by atoms with Crippen LogP contribution in [0.25, 0.3) is 10.9 Å². The molecule has 1 aromatic heterocycles. The Morgan fingerprint density at radius 1 is 1.17 bits per heavy atom. The lowest BCUT2D eigenvalue weighted by atomic mass is 9.95. The van der Waals surface area contributed by atoms with Crippen LogP contribution in [0.3, 0.4) is 0 Å². The summed E-state index contributed by atoms with van der Waals surface area (Å²) in [6.07, 6.45) is 1.24. The number of methoxy groups -OCH3 is 1. The zero-order valence-corrected chi connectivity index (χ0v) is 16.6. The number of aryl methyl sites for hydroxylation is 1. The topological polar surface area (TPSA) is 87.3 Å². The van der Waals surface area contributed by atoms with Gasteiger partial charge in [0.1, 0.15) is 5.75 Å². The molecule has 2 amide bonds. The van der Waals surface area contributed by atoms with Crippen molar-refractivity contribution in [2.75, 3.05) is 25.5 Å². The average molecular weight is 392 g/mol. The molecule has 1 fully saturated rings. The molecule has 1 saturated heterocycles. The van der Waals surface area contributed by atoms with Crippen molar-refractivity contribution in [3.63, 3.8) is 0 Å². The molecule has 0 spiro atoms. The van der Waals surface area contributed by atoms with Crippen molar-refractivity contribution in [3.8, 4) is 5.75 Å². The van der Waals surface area contributed by atoms with E-state index < -0.39 is 0 Å². The molecule has 2 aromatic carbocycles. The smallest absolute Gasteiger partial charge is 0.274 e. The minimum absolute atomic E-state index is 0.0359. The number of anilines is 1. The van der Waals surface area contributed by atoms with Crippen LogP contribution < -0.4 is 10.1 Å². The van der Waals surface area contributed by atoms with Crippen LogP contribution in [-0.2, 0) is 4.79 Å². The predicted molar refractivity (Wildman–Crippen MR) is 111 cm³/mol. The molecule has 0 aliphatic carbocycles. The van der Waals surface area contributed by atoms with Gasteiger partial charge in [0.05, 0.1) is 18.3 Å². The molecule has 0 unspecified atom stereocenters. The molecular weight excluding hydrogens is 368 g/mol. The van der Waals surface area contributed by atoms with Gasteiger partial charge >= 0.3 is 0 Å². The second kappa shape index (κ2) is 7.95. The van der Waals surface area contributed by atoms with Gasteiger partial charge in [0.25, 0.3) is 5.91 Å². The number of carbonyl (C=O) groups is 2. The monoisotopic (exact) mass is 392 g/mol. The van der Waals surface area contributed by atoms with E-state index in [9.17, 15) is 9.59 Å². The van der Waals surface area contributed by atoms with E-state index in [0.717, 1.165) is 16.5 Å².